The van der Waals surface area contributed by atoms with Gasteiger partial charge in [-0.15, -0.1) is 0 Å². The average Bonchev–Trinajstić information content (AvgIpc) is 3.00. The maximum atomic E-state index is 13.8. The molecule has 0 aromatic heterocycles. The number of likely N-dealkylation sites (tertiary alicyclic amines) is 1. The van der Waals surface area contributed by atoms with E-state index in [4.69, 9.17) is 5.11 Å². The fourth-order valence-corrected chi connectivity index (χ4v) is 6.22. The quantitative estimate of drug-likeness (QED) is 0.314. The minimum Gasteiger partial charge on any atom is -0.396 e. The Kier molecular flexibility index (Phi) is 9.75. The topological polar surface area (TPSA) is 98.7 Å². The second-order valence-electron chi connectivity index (χ2n) is 12.0. The van der Waals surface area contributed by atoms with Crippen molar-refractivity contribution in [3.63, 3.8) is 0 Å². The first-order chi connectivity index (χ1) is 15.9. The Bertz CT molecular complexity index is 755. The van der Waals surface area contributed by atoms with Gasteiger partial charge in [-0.3, -0.25) is 14.4 Å². The molecule has 194 valence electrons. The van der Waals surface area contributed by atoms with Crippen molar-refractivity contribution in [1.29, 1.82) is 0 Å². The zero-order valence-corrected chi connectivity index (χ0v) is 22.3. The zero-order chi connectivity index (χ0) is 25.7. The van der Waals surface area contributed by atoms with Crippen LogP contribution in [0.1, 0.15) is 80.1 Å². The molecule has 1 heterocycles. The maximum absolute atomic E-state index is 13.8. The molecule has 3 N–H and O–H groups in total. The summed E-state index contributed by atoms with van der Waals surface area (Å²) in [6.45, 7) is 13.1. The summed E-state index contributed by atoms with van der Waals surface area (Å²) >= 11 is 0. The summed E-state index contributed by atoms with van der Waals surface area (Å²) in [5.74, 6) is -1.70. The number of aliphatic hydroxyl groups is 1. The molecule has 0 aromatic rings. The summed E-state index contributed by atoms with van der Waals surface area (Å²) in [6.07, 6.45) is 8.81. The molecule has 5 atom stereocenters. The van der Waals surface area contributed by atoms with Crippen LogP contribution in [0.2, 0.25) is 0 Å². The minimum absolute atomic E-state index is 0.00877. The van der Waals surface area contributed by atoms with Gasteiger partial charge in [0.15, 0.2) is 0 Å². The van der Waals surface area contributed by atoms with E-state index in [0.717, 1.165) is 25.7 Å². The van der Waals surface area contributed by atoms with Crippen molar-refractivity contribution in [3.05, 3.63) is 12.2 Å². The molecule has 0 radical (unpaired) electrons. The highest BCUT2D eigenvalue weighted by Gasteiger charge is 2.57. The van der Waals surface area contributed by atoms with E-state index >= 15 is 0 Å². The van der Waals surface area contributed by atoms with Crippen molar-refractivity contribution in [2.75, 3.05) is 20.2 Å². The summed E-state index contributed by atoms with van der Waals surface area (Å²) < 4.78 is 0. The van der Waals surface area contributed by atoms with Gasteiger partial charge in [-0.25, -0.2) is 0 Å². The summed E-state index contributed by atoms with van der Waals surface area (Å²) in [5, 5.41) is 15.1. The van der Waals surface area contributed by atoms with E-state index in [1.54, 1.807) is 11.9 Å². The van der Waals surface area contributed by atoms with Gasteiger partial charge in [-0.05, 0) is 57.3 Å². The second kappa shape index (κ2) is 11.7. The Balaban J connectivity index is 2.39. The summed E-state index contributed by atoms with van der Waals surface area (Å²) in [4.78, 5) is 42.2. The lowest BCUT2D eigenvalue weighted by Crippen LogP contribution is -2.54. The number of nitrogens with zero attached hydrogens (tertiary/aromatic N) is 1. The molecule has 0 saturated carbocycles. The number of hydrogen-bond acceptors (Lipinski definition) is 4. The molecule has 2 rings (SSSR count). The second-order valence-corrected chi connectivity index (χ2v) is 12.0. The molecule has 1 aliphatic heterocycles. The summed E-state index contributed by atoms with van der Waals surface area (Å²) in [7, 11) is 1.62. The normalized spacial score (nSPS) is 27.0. The molecule has 2 aliphatic rings. The third-order valence-electron chi connectivity index (χ3n) is 7.04. The summed E-state index contributed by atoms with van der Waals surface area (Å²) in [5.41, 5.74) is -0.389. The van der Waals surface area contributed by atoms with Crippen LogP contribution in [0, 0.1) is 29.1 Å². The van der Waals surface area contributed by atoms with Gasteiger partial charge in [0.05, 0.1) is 11.8 Å². The molecule has 7 nitrogen and oxygen atoms in total. The van der Waals surface area contributed by atoms with Crippen LogP contribution in [0.3, 0.4) is 0 Å². The first-order valence-corrected chi connectivity index (χ1v) is 13.0. The van der Waals surface area contributed by atoms with Crippen molar-refractivity contribution in [1.82, 2.24) is 15.5 Å². The fourth-order valence-electron chi connectivity index (χ4n) is 6.22. The molecular formula is C27H47N3O4. The number of fused-ring (bicyclic) bond motifs is 1. The monoisotopic (exact) mass is 477 g/mol. The van der Waals surface area contributed by atoms with E-state index in [0.29, 0.717) is 19.4 Å². The highest BCUT2D eigenvalue weighted by atomic mass is 16.3. The maximum Gasteiger partial charge on any atom is 0.243 e. The van der Waals surface area contributed by atoms with Gasteiger partial charge in [-0.1, -0.05) is 46.3 Å². The number of allylic oxidation sites excluding steroid dienone is 1. The van der Waals surface area contributed by atoms with Crippen LogP contribution in [0.25, 0.3) is 0 Å². The number of amides is 3. The van der Waals surface area contributed by atoms with Gasteiger partial charge < -0.3 is 20.6 Å². The van der Waals surface area contributed by atoms with Crippen molar-refractivity contribution in [2.24, 2.45) is 29.1 Å². The van der Waals surface area contributed by atoms with Crippen LogP contribution in [-0.4, -0.2) is 59.5 Å². The average molecular weight is 478 g/mol. The van der Waals surface area contributed by atoms with E-state index in [9.17, 15) is 14.4 Å². The van der Waals surface area contributed by atoms with Gasteiger partial charge in [-0.2, -0.15) is 0 Å². The third kappa shape index (κ3) is 6.83. The van der Waals surface area contributed by atoms with Crippen molar-refractivity contribution in [2.45, 2.75) is 91.6 Å². The van der Waals surface area contributed by atoms with Crippen LogP contribution in [0.15, 0.2) is 12.2 Å². The lowest BCUT2D eigenvalue weighted by Gasteiger charge is -2.37. The van der Waals surface area contributed by atoms with Crippen LogP contribution >= 0.6 is 0 Å². The van der Waals surface area contributed by atoms with Gasteiger partial charge >= 0.3 is 0 Å². The number of carbonyl (C=O) groups is 3. The molecule has 0 bridgehead atoms. The molecule has 1 saturated heterocycles. The third-order valence-corrected chi connectivity index (χ3v) is 7.04. The molecular weight excluding hydrogens is 430 g/mol. The Morgan fingerprint density at radius 3 is 2.29 bits per heavy atom. The fraction of sp³-hybridized carbons (Fsp3) is 0.815. The number of carbonyl (C=O) groups excluding carboxylic acids is 3. The van der Waals surface area contributed by atoms with Crippen molar-refractivity contribution in [3.8, 4) is 0 Å². The van der Waals surface area contributed by atoms with Crippen LogP contribution in [0.5, 0.6) is 0 Å². The Hall–Kier alpha value is -1.89. The first-order valence-electron chi connectivity index (χ1n) is 13.0. The molecule has 0 aromatic carbocycles. The lowest BCUT2D eigenvalue weighted by atomic mass is 9.68. The SMILES string of the molecule is CCC[C@@H]1C=C[C@H]2[C@H](C(=O)N(CCCCCO)[C@@H]2C(=O)NC(C)(C)CC(C)(C)C)[C@@H]1C(=O)NC. The molecule has 7 heteroatoms. The Morgan fingerprint density at radius 2 is 1.74 bits per heavy atom. The predicted molar refractivity (Wildman–Crippen MR) is 135 cm³/mol. The summed E-state index contributed by atoms with van der Waals surface area (Å²) in [6, 6.07) is -0.628. The van der Waals surface area contributed by atoms with Gasteiger partial charge in [0.1, 0.15) is 6.04 Å². The van der Waals surface area contributed by atoms with E-state index < -0.39 is 23.4 Å². The van der Waals surface area contributed by atoms with Gasteiger partial charge in [0.2, 0.25) is 17.7 Å². The van der Waals surface area contributed by atoms with Crippen LogP contribution < -0.4 is 10.6 Å². The number of nitrogens with one attached hydrogen (secondary N) is 2. The van der Waals surface area contributed by atoms with E-state index in [1.807, 2.05) is 19.9 Å². The minimum atomic E-state index is -0.628. The highest BCUT2D eigenvalue weighted by molar-refractivity contribution is 5.97. The van der Waals surface area contributed by atoms with Crippen molar-refractivity contribution >= 4 is 17.7 Å². The molecule has 0 unspecified atom stereocenters. The lowest BCUT2D eigenvalue weighted by molar-refractivity contribution is -0.141. The number of aliphatic hydroxyl groups excluding tert-OH is 1. The predicted octanol–water partition coefficient (Wildman–Crippen LogP) is 3.27. The van der Waals surface area contributed by atoms with Crippen LogP contribution in [-0.2, 0) is 14.4 Å². The molecule has 1 fully saturated rings. The molecule has 34 heavy (non-hydrogen) atoms. The van der Waals surface area contributed by atoms with Crippen molar-refractivity contribution < 1.29 is 19.5 Å². The van der Waals surface area contributed by atoms with Gasteiger partial charge in [0, 0.05) is 31.7 Å². The zero-order valence-electron chi connectivity index (χ0n) is 22.3. The molecule has 3 amide bonds. The van der Waals surface area contributed by atoms with E-state index in [-0.39, 0.29) is 41.6 Å². The van der Waals surface area contributed by atoms with Gasteiger partial charge in [0.25, 0.3) is 0 Å². The number of hydrogen-bond donors (Lipinski definition) is 3. The Morgan fingerprint density at radius 1 is 1.06 bits per heavy atom. The molecule has 1 aliphatic carbocycles. The number of unbranched alkanes of at least 4 members (excludes halogenated alkanes) is 2. The molecule has 0 spiro atoms. The number of rotatable bonds is 11. The standard InChI is InChI=1S/C27H47N3O4/c1-8-12-18-13-14-19-21(20(18)23(32)28-7)25(34)30(15-10-9-11-16-31)22(19)24(33)29-27(5,6)17-26(2,3)4/h13-14,18-22,31H,8-12,15-17H2,1-7H3,(H,28,32)(H,29,33)/t18-,19+,20-,21+,22+/m1/s1. The van der Waals surface area contributed by atoms with E-state index in [2.05, 4.69) is 44.4 Å². The van der Waals surface area contributed by atoms with E-state index in [1.165, 1.54) is 0 Å². The van der Waals surface area contributed by atoms with Crippen LogP contribution in [0.4, 0.5) is 0 Å². The smallest absolute Gasteiger partial charge is 0.243 e. The first kappa shape index (κ1) is 28.3. The largest absolute Gasteiger partial charge is 0.396 e. The Labute approximate surface area is 206 Å². The highest BCUT2D eigenvalue weighted by Crippen LogP contribution is 2.45.